The summed E-state index contributed by atoms with van der Waals surface area (Å²) in [4.78, 5) is 9.57. The fraction of sp³-hybridized carbons (Fsp3) is 0.667. The molecule has 0 bridgehead atoms. The van der Waals surface area contributed by atoms with E-state index in [0.717, 1.165) is 18.9 Å². The molecule has 1 fully saturated rings. The van der Waals surface area contributed by atoms with Gasteiger partial charge in [0.25, 0.3) is 0 Å². The lowest BCUT2D eigenvalue weighted by molar-refractivity contribution is 0.368. The highest BCUT2D eigenvalue weighted by atomic mass is 15.1. The highest BCUT2D eigenvalue weighted by molar-refractivity contribution is 4.98. The van der Waals surface area contributed by atoms with Gasteiger partial charge in [-0.25, -0.2) is 4.98 Å². The summed E-state index contributed by atoms with van der Waals surface area (Å²) >= 11 is 0. The Labute approximate surface area is 78.1 Å². The third-order valence-electron chi connectivity index (χ3n) is 2.77. The number of H-pyrrole nitrogens is 1. The van der Waals surface area contributed by atoms with E-state index in [9.17, 15) is 0 Å². The molecule has 13 heavy (non-hydrogen) atoms. The van der Waals surface area contributed by atoms with Crippen molar-refractivity contribution in [1.29, 1.82) is 0 Å². The number of likely N-dealkylation sites (tertiary alicyclic amines) is 1. The fourth-order valence-corrected chi connectivity index (χ4v) is 1.95. The maximum atomic E-state index is 6.09. The largest absolute Gasteiger partial charge is 0.347 e. The second-order valence-corrected chi connectivity index (χ2v) is 3.81. The standard InChI is InChI=1S/C9H16N4/c1-13-5-2-7(6-13)8(10)9-11-3-4-12-9/h3-4,7-8H,2,5-6,10H2,1H3,(H,11,12). The van der Waals surface area contributed by atoms with Crippen molar-refractivity contribution < 1.29 is 0 Å². The molecule has 1 aromatic rings. The van der Waals surface area contributed by atoms with Crippen LogP contribution >= 0.6 is 0 Å². The van der Waals surface area contributed by atoms with E-state index < -0.39 is 0 Å². The lowest BCUT2D eigenvalue weighted by Gasteiger charge is -2.16. The molecule has 2 atom stereocenters. The Hall–Kier alpha value is -0.870. The van der Waals surface area contributed by atoms with Gasteiger partial charge in [-0.2, -0.15) is 0 Å². The normalized spacial score (nSPS) is 26.5. The Morgan fingerprint density at radius 2 is 2.62 bits per heavy atom. The lowest BCUT2D eigenvalue weighted by Crippen LogP contribution is -2.25. The van der Waals surface area contributed by atoms with Crippen molar-refractivity contribution in [3.05, 3.63) is 18.2 Å². The van der Waals surface area contributed by atoms with Crippen LogP contribution in [-0.2, 0) is 0 Å². The maximum Gasteiger partial charge on any atom is 0.123 e. The van der Waals surface area contributed by atoms with E-state index in [4.69, 9.17) is 5.73 Å². The molecular formula is C9H16N4. The predicted octanol–water partition coefficient (Wildman–Crippen LogP) is 0.361. The Bertz CT molecular complexity index is 257. The molecule has 1 saturated heterocycles. The van der Waals surface area contributed by atoms with Crippen LogP contribution in [0.5, 0.6) is 0 Å². The molecular weight excluding hydrogens is 164 g/mol. The minimum Gasteiger partial charge on any atom is -0.347 e. The van der Waals surface area contributed by atoms with Crippen LogP contribution in [0.25, 0.3) is 0 Å². The maximum absolute atomic E-state index is 6.09. The summed E-state index contributed by atoms with van der Waals surface area (Å²) in [7, 11) is 2.13. The molecule has 2 rings (SSSR count). The van der Waals surface area contributed by atoms with Crippen molar-refractivity contribution in [3.63, 3.8) is 0 Å². The van der Waals surface area contributed by atoms with Gasteiger partial charge in [0.2, 0.25) is 0 Å². The minimum atomic E-state index is 0.0694. The van der Waals surface area contributed by atoms with Crippen LogP contribution in [0, 0.1) is 5.92 Å². The van der Waals surface area contributed by atoms with Gasteiger partial charge in [0, 0.05) is 18.9 Å². The first kappa shape index (κ1) is 8.72. The molecule has 0 aromatic carbocycles. The molecule has 2 heterocycles. The van der Waals surface area contributed by atoms with Crippen molar-refractivity contribution >= 4 is 0 Å². The Balaban J connectivity index is 2.02. The van der Waals surface area contributed by atoms with Crippen LogP contribution in [0.4, 0.5) is 0 Å². The first-order chi connectivity index (χ1) is 6.27. The lowest BCUT2D eigenvalue weighted by atomic mass is 9.99. The van der Waals surface area contributed by atoms with Crippen LogP contribution in [0.3, 0.4) is 0 Å². The number of rotatable bonds is 2. The van der Waals surface area contributed by atoms with Gasteiger partial charge in [0.15, 0.2) is 0 Å². The number of hydrogen-bond acceptors (Lipinski definition) is 3. The van der Waals surface area contributed by atoms with Crippen LogP contribution in [-0.4, -0.2) is 35.0 Å². The number of nitrogens with zero attached hydrogens (tertiary/aromatic N) is 2. The molecule has 0 radical (unpaired) electrons. The van der Waals surface area contributed by atoms with Crippen molar-refractivity contribution in [1.82, 2.24) is 14.9 Å². The molecule has 0 aliphatic carbocycles. The molecule has 0 spiro atoms. The van der Waals surface area contributed by atoms with Crippen LogP contribution < -0.4 is 5.73 Å². The fourth-order valence-electron chi connectivity index (χ4n) is 1.95. The summed E-state index contributed by atoms with van der Waals surface area (Å²) in [6.45, 7) is 2.24. The van der Waals surface area contributed by atoms with Crippen LogP contribution in [0.2, 0.25) is 0 Å². The first-order valence-electron chi connectivity index (χ1n) is 4.71. The average molecular weight is 180 g/mol. The number of aromatic amines is 1. The van der Waals surface area contributed by atoms with Gasteiger partial charge < -0.3 is 15.6 Å². The number of imidazole rings is 1. The Morgan fingerprint density at radius 3 is 3.15 bits per heavy atom. The molecule has 72 valence electrons. The quantitative estimate of drug-likeness (QED) is 0.691. The molecule has 0 saturated carbocycles. The number of aromatic nitrogens is 2. The van der Waals surface area contributed by atoms with Crippen LogP contribution in [0.1, 0.15) is 18.3 Å². The minimum absolute atomic E-state index is 0.0694. The molecule has 0 amide bonds. The smallest absolute Gasteiger partial charge is 0.123 e. The van der Waals surface area contributed by atoms with E-state index in [1.165, 1.54) is 6.42 Å². The van der Waals surface area contributed by atoms with Gasteiger partial charge in [0.05, 0.1) is 6.04 Å². The molecule has 1 aliphatic heterocycles. The van der Waals surface area contributed by atoms with E-state index in [1.54, 1.807) is 6.20 Å². The van der Waals surface area contributed by atoms with Gasteiger partial charge >= 0.3 is 0 Å². The third-order valence-corrected chi connectivity index (χ3v) is 2.77. The van der Waals surface area contributed by atoms with E-state index in [1.807, 2.05) is 6.20 Å². The molecule has 1 aromatic heterocycles. The molecule has 2 unspecified atom stereocenters. The number of nitrogens with one attached hydrogen (secondary N) is 1. The van der Waals surface area contributed by atoms with E-state index >= 15 is 0 Å². The predicted molar refractivity (Wildman–Crippen MR) is 51.1 cm³/mol. The summed E-state index contributed by atoms with van der Waals surface area (Å²) in [5.41, 5.74) is 6.09. The highest BCUT2D eigenvalue weighted by Gasteiger charge is 2.27. The first-order valence-corrected chi connectivity index (χ1v) is 4.71. The van der Waals surface area contributed by atoms with E-state index in [0.29, 0.717) is 5.92 Å². The zero-order valence-corrected chi connectivity index (χ0v) is 7.90. The zero-order chi connectivity index (χ0) is 9.26. The summed E-state index contributed by atoms with van der Waals surface area (Å²) in [5, 5.41) is 0. The second kappa shape index (κ2) is 3.47. The summed E-state index contributed by atoms with van der Waals surface area (Å²) in [6.07, 6.45) is 4.76. The highest BCUT2D eigenvalue weighted by Crippen LogP contribution is 2.25. The topological polar surface area (TPSA) is 57.9 Å². The molecule has 4 heteroatoms. The van der Waals surface area contributed by atoms with Gasteiger partial charge in [-0.3, -0.25) is 0 Å². The molecule has 4 nitrogen and oxygen atoms in total. The third kappa shape index (κ3) is 1.73. The van der Waals surface area contributed by atoms with Gasteiger partial charge in [-0.05, 0) is 25.9 Å². The number of hydrogen-bond donors (Lipinski definition) is 2. The van der Waals surface area contributed by atoms with Gasteiger partial charge in [-0.15, -0.1) is 0 Å². The Kier molecular flexibility index (Phi) is 2.33. The van der Waals surface area contributed by atoms with Crippen molar-refractivity contribution in [2.24, 2.45) is 11.7 Å². The second-order valence-electron chi connectivity index (χ2n) is 3.81. The Morgan fingerprint density at radius 1 is 1.77 bits per heavy atom. The summed E-state index contributed by atoms with van der Waals surface area (Å²) in [6, 6.07) is 0.0694. The average Bonchev–Trinajstić information content (AvgIpc) is 2.72. The van der Waals surface area contributed by atoms with Crippen molar-refractivity contribution in [3.8, 4) is 0 Å². The van der Waals surface area contributed by atoms with Crippen molar-refractivity contribution in [2.45, 2.75) is 12.5 Å². The molecule has 3 N–H and O–H groups in total. The van der Waals surface area contributed by atoms with E-state index in [-0.39, 0.29) is 6.04 Å². The number of nitrogens with two attached hydrogens (primary N) is 1. The summed E-state index contributed by atoms with van der Waals surface area (Å²) < 4.78 is 0. The monoisotopic (exact) mass is 180 g/mol. The molecule has 1 aliphatic rings. The van der Waals surface area contributed by atoms with Gasteiger partial charge in [0.1, 0.15) is 5.82 Å². The summed E-state index contributed by atoms with van der Waals surface area (Å²) in [5.74, 6) is 1.47. The van der Waals surface area contributed by atoms with E-state index in [2.05, 4.69) is 21.9 Å². The van der Waals surface area contributed by atoms with Crippen LogP contribution in [0.15, 0.2) is 12.4 Å². The zero-order valence-electron chi connectivity index (χ0n) is 7.90. The van der Waals surface area contributed by atoms with Crippen molar-refractivity contribution in [2.75, 3.05) is 20.1 Å². The SMILES string of the molecule is CN1CCC(C(N)c2ncc[nH]2)C1. The van der Waals surface area contributed by atoms with Gasteiger partial charge in [-0.1, -0.05) is 0 Å².